The van der Waals surface area contributed by atoms with Gasteiger partial charge in [-0.25, -0.2) is 19.6 Å². The maximum Gasteiger partial charge on any atom is 0.234 e. The molecule has 0 amide bonds. The van der Waals surface area contributed by atoms with Crippen LogP contribution in [0.2, 0.25) is 0 Å². The molecule has 0 rings (SSSR count). The summed E-state index contributed by atoms with van der Waals surface area (Å²) in [6.45, 7) is 1.16. The quantitative estimate of drug-likeness (QED) is 0.255. The first-order chi connectivity index (χ1) is 7.41. The van der Waals surface area contributed by atoms with Crippen LogP contribution in [0.25, 0.3) is 0 Å². The summed E-state index contributed by atoms with van der Waals surface area (Å²) in [6.07, 6.45) is 4.89. The van der Waals surface area contributed by atoms with Gasteiger partial charge in [0.15, 0.2) is 0 Å². The average Bonchev–Trinajstić information content (AvgIpc) is 2.26. The third-order valence-corrected chi connectivity index (χ3v) is 3.90. The van der Waals surface area contributed by atoms with Crippen molar-refractivity contribution in [3.8, 4) is 0 Å². The number of isocyanates is 2. The molecule has 0 spiro atoms. The number of nitrogens with zero attached hydrogens (tertiary/aromatic N) is 2. The van der Waals surface area contributed by atoms with Crippen LogP contribution in [0.5, 0.6) is 0 Å². The maximum atomic E-state index is 9.73. The van der Waals surface area contributed by atoms with Crippen LogP contribution in [0.15, 0.2) is 9.98 Å². The molecular weight excluding hydrogens is 232 g/mol. The molecule has 0 aliphatic rings. The molecule has 0 N–H and O–H groups in total. The van der Waals surface area contributed by atoms with E-state index >= 15 is 0 Å². The Morgan fingerprint density at radius 2 is 1.33 bits per heavy atom. The first-order valence-electron chi connectivity index (χ1n) is 4.64. The molecular formula is C9H14N2O2S2. The zero-order valence-corrected chi connectivity index (χ0v) is 10.1. The molecule has 0 atom stereocenters. The summed E-state index contributed by atoms with van der Waals surface area (Å²) in [5.41, 5.74) is 0. The summed E-state index contributed by atoms with van der Waals surface area (Å²) in [6, 6.07) is 0. The van der Waals surface area contributed by atoms with Crippen LogP contribution in [0.1, 0.15) is 12.8 Å². The van der Waals surface area contributed by atoms with Gasteiger partial charge in [0.1, 0.15) is 0 Å². The van der Waals surface area contributed by atoms with Crippen LogP contribution in [0, 0.1) is 0 Å². The minimum Gasteiger partial charge on any atom is -0.211 e. The molecule has 0 aromatic rings. The van der Waals surface area contributed by atoms with E-state index in [9.17, 15) is 9.59 Å². The van der Waals surface area contributed by atoms with E-state index in [1.807, 2.05) is 23.5 Å². The Morgan fingerprint density at radius 1 is 0.867 bits per heavy atom. The number of hydrogen-bond donors (Lipinski definition) is 0. The molecule has 0 fully saturated rings. The highest BCUT2D eigenvalue weighted by Gasteiger charge is 1.91. The lowest BCUT2D eigenvalue weighted by Crippen LogP contribution is -1.87. The van der Waals surface area contributed by atoms with Crippen molar-refractivity contribution in [3.63, 3.8) is 0 Å². The highest BCUT2D eigenvalue weighted by Crippen LogP contribution is 2.13. The van der Waals surface area contributed by atoms with Crippen molar-refractivity contribution in [2.75, 3.05) is 29.7 Å². The molecule has 0 heterocycles. The highest BCUT2D eigenvalue weighted by molar-refractivity contribution is 8.15. The first-order valence-corrected chi connectivity index (χ1v) is 6.95. The fourth-order valence-electron chi connectivity index (χ4n) is 0.759. The Bertz CT molecular complexity index is 212. The molecule has 84 valence electrons. The predicted molar refractivity (Wildman–Crippen MR) is 65.0 cm³/mol. The van der Waals surface area contributed by atoms with Crippen LogP contribution in [-0.4, -0.2) is 41.8 Å². The van der Waals surface area contributed by atoms with Gasteiger partial charge < -0.3 is 0 Å². The molecule has 0 saturated carbocycles. The molecule has 0 bridgehead atoms. The van der Waals surface area contributed by atoms with E-state index in [1.54, 1.807) is 0 Å². The topological polar surface area (TPSA) is 58.9 Å². The third-order valence-electron chi connectivity index (χ3n) is 1.41. The van der Waals surface area contributed by atoms with Crippen LogP contribution < -0.4 is 0 Å². The van der Waals surface area contributed by atoms with Gasteiger partial charge in [0.2, 0.25) is 12.2 Å². The summed E-state index contributed by atoms with van der Waals surface area (Å²) >= 11 is 3.67. The van der Waals surface area contributed by atoms with Crippen molar-refractivity contribution in [1.29, 1.82) is 0 Å². The summed E-state index contributed by atoms with van der Waals surface area (Å²) in [5, 5.41) is 1.04. The lowest BCUT2D eigenvalue weighted by molar-refractivity contribution is 0.562. The van der Waals surface area contributed by atoms with Gasteiger partial charge in [-0.15, -0.1) is 0 Å². The molecule has 4 nitrogen and oxygen atoms in total. The highest BCUT2D eigenvalue weighted by atomic mass is 32.2. The molecule has 0 aliphatic heterocycles. The Labute approximate surface area is 98.0 Å². The van der Waals surface area contributed by atoms with E-state index in [2.05, 4.69) is 9.98 Å². The minimum atomic E-state index is 0.579. The predicted octanol–water partition coefficient (Wildman–Crippen LogP) is 1.86. The van der Waals surface area contributed by atoms with Crippen molar-refractivity contribution in [1.82, 2.24) is 0 Å². The van der Waals surface area contributed by atoms with Gasteiger partial charge in [-0.3, -0.25) is 0 Å². The van der Waals surface area contributed by atoms with Crippen molar-refractivity contribution >= 4 is 35.7 Å². The smallest absolute Gasteiger partial charge is 0.211 e. The lowest BCUT2D eigenvalue weighted by Gasteiger charge is -1.99. The van der Waals surface area contributed by atoms with Gasteiger partial charge in [-0.05, 0) is 24.3 Å². The summed E-state index contributed by atoms with van der Waals surface area (Å²) in [7, 11) is 0. The Morgan fingerprint density at radius 3 is 1.73 bits per heavy atom. The number of carbonyl (C=O) groups excluding carboxylic acids is 2. The average molecular weight is 246 g/mol. The van der Waals surface area contributed by atoms with Crippen molar-refractivity contribution < 1.29 is 9.59 Å². The number of hydrogen-bond acceptors (Lipinski definition) is 6. The summed E-state index contributed by atoms with van der Waals surface area (Å²) in [4.78, 5) is 26.4. The zero-order valence-electron chi connectivity index (χ0n) is 8.48. The van der Waals surface area contributed by atoms with Gasteiger partial charge in [-0.2, -0.15) is 23.5 Å². The van der Waals surface area contributed by atoms with Crippen LogP contribution in [-0.2, 0) is 9.59 Å². The summed E-state index contributed by atoms with van der Waals surface area (Å²) < 4.78 is 0. The van der Waals surface area contributed by atoms with Gasteiger partial charge in [0.05, 0.1) is 13.1 Å². The van der Waals surface area contributed by atoms with E-state index in [0.717, 1.165) is 29.4 Å². The van der Waals surface area contributed by atoms with Crippen molar-refractivity contribution in [2.45, 2.75) is 12.8 Å². The fraction of sp³-hybridized carbons (Fsp3) is 0.778. The van der Waals surface area contributed by atoms with Gasteiger partial charge in [0.25, 0.3) is 0 Å². The molecule has 0 aromatic heterocycles. The molecule has 0 aromatic carbocycles. The second-order valence-electron chi connectivity index (χ2n) is 2.59. The molecule has 15 heavy (non-hydrogen) atoms. The van der Waals surface area contributed by atoms with E-state index in [1.165, 1.54) is 12.2 Å². The van der Waals surface area contributed by atoms with E-state index < -0.39 is 0 Å². The largest absolute Gasteiger partial charge is 0.234 e. The number of rotatable bonds is 10. The Balaban J connectivity index is 2.98. The molecule has 0 saturated heterocycles. The minimum absolute atomic E-state index is 0.579. The van der Waals surface area contributed by atoms with E-state index in [0.29, 0.717) is 13.1 Å². The number of aliphatic imine (C=N–C) groups is 2. The first kappa shape index (κ1) is 14.5. The SMILES string of the molecule is O=C=NCCCSCSCCCN=C=O. The molecule has 0 aliphatic carbocycles. The van der Waals surface area contributed by atoms with Crippen LogP contribution in [0.4, 0.5) is 0 Å². The zero-order chi connectivity index (χ0) is 11.2. The monoisotopic (exact) mass is 246 g/mol. The van der Waals surface area contributed by atoms with E-state index in [-0.39, 0.29) is 0 Å². The Hall–Kier alpha value is -0.540. The van der Waals surface area contributed by atoms with Gasteiger partial charge >= 0.3 is 0 Å². The van der Waals surface area contributed by atoms with Gasteiger partial charge in [0, 0.05) is 5.08 Å². The Kier molecular flexibility index (Phi) is 13.0. The fourth-order valence-corrected chi connectivity index (χ4v) is 2.84. The van der Waals surface area contributed by atoms with Crippen molar-refractivity contribution in [2.24, 2.45) is 9.98 Å². The number of thioether (sulfide) groups is 2. The van der Waals surface area contributed by atoms with Crippen LogP contribution >= 0.6 is 23.5 Å². The lowest BCUT2D eigenvalue weighted by atomic mass is 10.5. The third kappa shape index (κ3) is 13.5. The van der Waals surface area contributed by atoms with Gasteiger partial charge in [-0.1, -0.05) is 0 Å². The van der Waals surface area contributed by atoms with Crippen molar-refractivity contribution in [3.05, 3.63) is 0 Å². The summed E-state index contributed by atoms with van der Waals surface area (Å²) in [5.74, 6) is 2.04. The normalized spacial score (nSPS) is 9.07. The molecule has 6 heteroatoms. The second-order valence-corrected chi connectivity index (χ2v) is 5.16. The molecule has 0 unspecified atom stereocenters. The van der Waals surface area contributed by atoms with Crippen LogP contribution in [0.3, 0.4) is 0 Å². The van der Waals surface area contributed by atoms with E-state index in [4.69, 9.17) is 0 Å². The molecule has 0 radical (unpaired) electrons. The maximum absolute atomic E-state index is 9.73. The standard InChI is InChI=1S/C9H14N2O2S2/c12-7-10-3-1-5-14-9-15-6-2-4-11-8-13/h1-6,9H2. The second kappa shape index (κ2) is 13.5.